The molecule has 4 heteroatoms. The van der Waals surface area contributed by atoms with Gasteiger partial charge in [0.1, 0.15) is 4.90 Å². The Morgan fingerprint density at radius 2 is 1.50 bits per heavy atom. The SMILES string of the molecule is Cc1cc(C)cc(-c2ccccc2S(=O)(=O)O)c1. The first-order chi connectivity index (χ1) is 8.38. The van der Waals surface area contributed by atoms with E-state index in [1.54, 1.807) is 18.2 Å². The predicted octanol–water partition coefficient (Wildman–Crippen LogP) is 3.22. The molecule has 0 amide bonds. The van der Waals surface area contributed by atoms with E-state index < -0.39 is 10.1 Å². The first-order valence-electron chi connectivity index (χ1n) is 5.53. The van der Waals surface area contributed by atoms with Crippen LogP contribution in [0.3, 0.4) is 0 Å². The summed E-state index contributed by atoms with van der Waals surface area (Å²) < 4.78 is 31.9. The van der Waals surface area contributed by atoms with E-state index in [0.717, 1.165) is 16.7 Å². The molecule has 0 aliphatic heterocycles. The van der Waals surface area contributed by atoms with Gasteiger partial charge >= 0.3 is 0 Å². The maximum atomic E-state index is 11.4. The second-order valence-corrected chi connectivity index (χ2v) is 5.74. The summed E-state index contributed by atoms with van der Waals surface area (Å²) >= 11 is 0. The summed E-state index contributed by atoms with van der Waals surface area (Å²) in [5.41, 5.74) is 3.41. The fraction of sp³-hybridized carbons (Fsp3) is 0.143. The van der Waals surface area contributed by atoms with Crippen LogP contribution in [0.25, 0.3) is 11.1 Å². The van der Waals surface area contributed by atoms with Gasteiger partial charge in [0.15, 0.2) is 0 Å². The van der Waals surface area contributed by atoms with Gasteiger partial charge in [-0.1, -0.05) is 47.5 Å². The molecule has 0 aromatic heterocycles. The van der Waals surface area contributed by atoms with Crippen molar-refractivity contribution in [3.8, 4) is 11.1 Å². The highest BCUT2D eigenvalue weighted by Gasteiger charge is 2.15. The Morgan fingerprint density at radius 3 is 2.06 bits per heavy atom. The molecule has 0 radical (unpaired) electrons. The molecule has 0 bridgehead atoms. The molecular formula is C14H14O3S. The van der Waals surface area contributed by atoms with Gasteiger partial charge in [0.25, 0.3) is 10.1 Å². The van der Waals surface area contributed by atoms with E-state index in [2.05, 4.69) is 0 Å². The second kappa shape index (κ2) is 4.55. The van der Waals surface area contributed by atoms with E-state index in [4.69, 9.17) is 0 Å². The molecule has 3 nitrogen and oxygen atoms in total. The number of benzene rings is 2. The van der Waals surface area contributed by atoms with Crippen LogP contribution in [0.15, 0.2) is 47.4 Å². The summed E-state index contributed by atoms with van der Waals surface area (Å²) in [6.45, 7) is 3.90. The van der Waals surface area contributed by atoms with Gasteiger partial charge in [0.05, 0.1) is 0 Å². The third-order valence-electron chi connectivity index (χ3n) is 2.70. The highest BCUT2D eigenvalue weighted by molar-refractivity contribution is 7.86. The number of hydrogen-bond acceptors (Lipinski definition) is 2. The molecule has 0 saturated carbocycles. The average Bonchev–Trinajstić information content (AvgIpc) is 2.26. The number of hydrogen-bond donors (Lipinski definition) is 1. The smallest absolute Gasteiger partial charge is 0.282 e. The monoisotopic (exact) mass is 262 g/mol. The van der Waals surface area contributed by atoms with Crippen molar-refractivity contribution >= 4 is 10.1 Å². The highest BCUT2D eigenvalue weighted by atomic mass is 32.2. The van der Waals surface area contributed by atoms with Crippen molar-refractivity contribution in [3.63, 3.8) is 0 Å². The van der Waals surface area contributed by atoms with Crippen LogP contribution in [-0.2, 0) is 10.1 Å². The molecule has 0 aliphatic carbocycles. The molecular weight excluding hydrogens is 248 g/mol. The Balaban J connectivity index is 2.72. The normalized spacial score (nSPS) is 11.5. The Labute approximate surface area is 107 Å². The third kappa shape index (κ3) is 2.60. The Morgan fingerprint density at radius 1 is 0.944 bits per heavy atom. The summed E-state index contributed by atoms with van der Waals surface area (Å²) in [5.74, 6) is 0. The van der Waals surface area contributed by atoms with Gasteiger partial charge in [-0.25, -0.2) is 0 Å². The van der Waals surface area contributed by atoms with Crippen LogP contribution in [0.4, 0.5) is 0 Å². The first-order valence-corrected chi connectivity index (χ1v) is 6.97. The molecule has 0 spiro atoms. The summed E-state index contributed by atoms with van der Waals surface area (Å²) in [7, 11) is -4.21. The first kappa shape index (κ1) is 12.8. The molecule has 0 unspecified atom stereocenters. The largest absolute Gasteiger partial charge is 0.295 e. The fourth-order valence-electron chi connectivity index (χ4n) is 2.06. The van der Waals surface area contributed by atoms with Crippen molar-refractivity contribution in [3.05, 3.63) is 53.6 Å². The van der Waals surface area contributed by atoms with Gasteiger partial charge < -0.3 is 0 Å². The van der Waals surface area contributed by atoms with Gasteiger partial charge in [-0.05, 0) is 25.5 Å². The van der Waals surface area contributed by atoms with E-state index in [1.807, 2.05) is 32.0 Å². The second-order valence-electron chi connectivity index (χ2n) is 4.35. The zero-order valence-corrected chi connectivity index (χ0v) is 11.0. The van der Waals surface area contributed by atoms with E-state index in [0.29, 0.717) is 5.56 Å². The molecule has 0 fully saturated rings. The molecule has 1 N–H and O–H groups in total. The molecule has 2 aromatic rings. The molecule has 0 heterocycles. The van der Waals surface area contributed by atoms with Crippen molar-refractivity contribution in [2.45, 2.75) is 18.7 Å². The van der Waals surface area contributed by atoms with Crippen molar-refractivity contribution in [2.24, 2.45) is 0 Å². The molecule has 0 saturated heterocycles. The molecule has 2 rings (SSSR count). The van der Waals surface area contributed by atoms with Crippen molar-refractivity contribution in [1.82, 2.24) is 0 Å². The maximum absolute atomic E-state index is 11.4. The van der Waals surface area contributed by atoms with Gasteiger partial charge in [-0.2, -0.15) is 8.42 Å². The zero-order chi connectivity index (χ0) is 13.3. The van der Waals surface area contributed by atoms with Crippen molar-refractivity contribution < 1.29 is 13.0 Å². The lowest BCUT2D eigenvalue weighted by Crippen LogP contribution is -2.00. The van der Waals surface area contributed by atoms with Crippen LogP contribution in [0.1, 0.15) is 11.1 Å². The Bertz CT molecular complexity index is 668. The summed E-state index contributed by atoms with van der Waals surface area (Å²) in [5, 5.41) is 0. The van der Waals surface area contributed by atoms with E-state index >= 15 is 0 Å². The van der Waals surface area contributed by atoms with Crippen LogP contribution >= 0.6 is 0 Å². The zero-order valence-electron chi connectivity index (χ0n) is 10.2. The molecule has 0 atom stereocenters. The van der Waals surface area contributed by atoms with Gasteiger partial charge in [-0.3, -0.25) is 4.55 Å². The minimum atomic E-state index is -4.21. The van der Waals surface area contributed by atoms with E-state index in [1.165, 1.54) is 6.07 Å². The summed E-state index contributed by atoms with van der Waals surface area (Å²) in [6, 6.07) is 12.3. The van der Waals surface area contributed by atoms with Crippen LogP contribution in [-0.4, -0.2) is 13.0 Å². The lowest BCUT2D eigenvalue weighted by atomic mass is 10.0. The Hall–Kier alpha value is -1.65. The topological polar surface area (TPSA) is 54.4 Å². The summed E-state index contributed by atoms with van der Waals surface area (Å²) in [6.07, 6.45) is 0. The lowest BCUT2D eigenvalue weighted by Gasteiger charge is -2.09. The summed E-state index contributed by atoms with van der Waals surface area (Å²) in [4.78, 5) is -0.0602. The lowest BCUT2D eigenvalue weighted by molar-refractivity contribution is 0.483. The van der Waals surface area contributed by atoms with Crippen LogP contribution in [0, 0.1) is 13.8 Å². The molecule has 94 valence electrons. The van der Waals surface area contributed by atoms with E-state index in [-0.39, 0.29) is 4.90 Å². The molecule has 0 aliphatic rings. The van der Waals surface area contributed by atoms with Crippen LogP contribution < -0.4 is 0 Å². The molecule has 2 aromatic carbocycles. The van der Waals surface area contributed by atoms with Crippen molar-refractivity contribution in [1.29, 1.82) is 0 Å². The standard InChI is InChI=1S/C14H14O3S/c1-10-7-11(2)9-12(8-10)13-5-3-4-6-14(13)18(15,16)17/h3-9H,1-2H3,(H,15,16,17). The van der Waals surface area contributed by atoms with Gasteiger partial charge in [0.2, 0.25) is 0 Å². The maximum Gasteiger partial charge on any atom is 0.295 e. The highest BCUT2D eigenvalue weighted by Crippen LogP contribution is 2.28. The number of rotatable bonds is 2. The van der Waals surface area contributed by atoms with Gasteiger partial charge in [0, 0.05) is 5.56 Å². The van der Waals surface area contributed by atoms with Crippen LogP contribution in [0.2, 0.25) is 0 Å². The van der Waals surface area contributed by atoms with Crippen LogP contribution in [0.5, 0.6) is 0 Å². The molecule has 18 heavy (non-hydrogen) atoms. The van der Waals surface area contributed by atoms with Crippen molar-refractivity contribution in [2.75, 3.05) is 0 Å². The quantitative estimate of drug-likeness (QED) is 0.845. The fourth-order valence-corrected chi connectivity index (χ4v) is 2.77. The minimum absolute atomic E-state index is 0.0602. The Kier molecular flexibility index (Phi) is 3.24. The minimum Gasteiger partial charge on any atom is -0.282 e. The predicted molar refractivity (Wildman–Crippen MR) is 71.2 cm³/mol. The third-order valence-corrected chi connectivity index (χ3v) is 3.61. The number of aryl methyl sites for hydroxylation is 2. The van der Waals surface area contributed by atoms with E-state index in [9.17, 15) is 13.0 Å². The average molecular weight is 262 g/mol. The van der Waals surface area contributed by atoms with Gasteiger partial charge in [-0.15, -0.1) is 0 Å².